The molecule has 0 aromatic rings. The van der Waals surface area contributed by atoms with Crippen LogP contribution in [0.1, 0.15) is 258 Å². The molecule has 0 rings (SSSR count). The molecule has 0 aliphatic rings. The molecule has 0 N–H and O–H groups in total. The van der Waals surface area contributed by atoms with Gasteiger partial charge in [0.05, 0.1) is 0 Å². The number of carbonyl (C=O) groups is 3. The highest BCUT2D eigenvalue weighted by Gasteiger charge is 2.19. The Morgan fingerprint density at radius 1 is 0.263 bits per heavy atom. The maximum atomic E-state index is 12.9. The number of rotatable bonds is 56. The standard InChI is InChI=1S/C74H116O6/c1-4-7-10-13-16-19-22-25-28-31-34-36-37-39-40-43-46-49-52-55-58-61-64-67-73(76)79-70-71(69-78-72(75)66-63-60-57-54-51-48-45-42-33-30-27-24-21-18-15-12-9-6-3)80-74(77)68-65-62-59-56-53-50-47-44-41-38-35-32-29-26-23-20-17-14-11-8-5-2/h7-8,10-11,16-17,19-21,24-26,28-30,33-36,38-40,44,46-47,49,53,56,71H,4-6,9,12-15,18,22-23,27,31-32,37,41-43,45,48,50-52,54-55,57-70H2,1-3H3/b10-7-,11-8-,19-16-,20-17-,24-21-,28-25-,29-26-,33-30-,36-34-,38-35-,40-39-,47-44-,49-46-,56-53-. The first-order chi connectivity index (χ1) is 39.5. The second-order valence-electron chi connectivity index (χ2n) is 20.5. The minimum absolute atomic E-state index is 0.116. The third kappa shape index (κ3) is 63.6. The molecule has 0 aromatic carbocycles. The number of hydrogen-bond donors (Lipinski definition) is 0. The minimum atomic E-state index is -0.827. The van der Waals surface area contributed by atoms with Gasteiger partial charge in [-0.2, -0.15) is 0 Å². The van der Waals surface area contributed by atoms with Gasteiger partial charge >= 0.3 is 17.9 Å². The summed E-state index contributed by atoms with van der Waals surface area (Å²) in [7, 11) is 0. The summed E-state index contributed by atoms with van der Waals surface area (Å²) in [6, 6.07) is 0. The molecule has 448 valence electrons. The fourth-order valence-corrected chi connectivity index (χ4v) is 8.18. The number of carbonyl (C=O) groups excluding carboxylic acids is 3. The summed E-state index contributed by atoms with van der Waals surface area (Å²) in [4.78, 5) is 38.4. The van der Waals surface area contributed by atoms with Crippen molar-refractivity contribution in [2.75, 3.05) is 13.2 Å². The Hall–Kier alpha value is -5.23. The average Bonchev–Trinajstić information content (AvgIpc) is 3.46. The molecule has 0 bridgehead atoms. The first-order valence-corrected chi connectivity index (χ1v) is 32.1. The molecule has 6 heteroatoms. The van der Waals surface area contributed by atoms with E-state index in [2.05, 4.69) is 191 Å². The van der Waals surface area contributed by atoms with E-state index in [-0.39, 0.29) is 37.5 Å². The molecule has 0 heterocycles. The zero-order valence-corrected chi connectivity index (χ0v) is 51.3. The first kappa shape index (κ1) is 74.8. The quantitative estimate of drug-likeness (QED) is 0.0261. The van der Waals surface area contributed by atoms with Crippen LogP contribution in [0.2, 0.25) is 0 Å². The van der Waals surface area contributed by atoms with E-state index in [1.807, 2.05) is 0 Å². The fourth-order valence-electron chi connectivity index (χ4n) is 8.18. The Balaban J connectivity index is 4.57. The summed E-state index contributed by atoms with van der Waals surface area (Å²) >= 11 is 0. The van der Waals surface area contributed by atoms with Crippen molar-refractivity contribution in [1.82, 2.24) is 0 Å². The van der Waals surface area contributed by atoms with Crippen molar-refractivity contribution in [3.8, 4) is 0 Å². The lowest BCUT2D eigenvalue weighted by atomic mass is 10.1. The highest BCUT2D eigenvalue weighted by Crippen LogP contribution is 2.13. The molecule has 0 aliphatic carbocycles. The highest BCUT2D eigenvalue weighted by atomic mass is 16.6. The molecule has 0 radical (unpaired) electrons. The summed E-state index contributed by atoms with van der Waals surface area (Å²) in [6.45, 7) is 6.33. The second kappa shape index (κ2) is 66.3. The van der Waals surface area contributed by atoms with Gasteiger partial charge in [-0.05, 0) is 154 Å². The van der Waals surface area contributed by atoms with Crippen molar-refractivity contribution in [1.29, 1.82) is 0 Å². The fraction of sp³-hybridized carbons (Fsp3) is 0.581. The van der Waals surface area contributed by atoms with Gasteiger partial charge in [0.15, 0.2) is 6.10 Å². The van der Waals surface area contributed by atoms with Crippen molar-refractivity contribution >= 4 is 17.9 Å². The molecule has 0 saturated carbocycles. The molecule has 0 fully saturated rings. The molecular formula is C74H116O6. The van der Waals surface area contributed by atoms with Gasteiger partial charge in [0.2, 0.25) is 0 Å². The number of esters is 3. The molecule has 1 unspecified atom stereocenters. The normalized spacial score (nSPS) is 13.3. The van der Waals surface area contributed by atoms with Crippen LogP contribution in [0.5, 0.6) is 0 Å². The summed E-state index contributed by atoms with van der Waals surface area (Å²) in [5.74, 6) is -0.997. The molecule has 0 spiro atoms. The van der Waals surface area contributed by atoms with E-state index >= 15 is 0 Å². The van der Waals surface area contributed by atoms with E-state index in [9.17, 15) is 14.4 Å². The Kier molecular flexibility index (Phi) is 61.9. The van der Waals surface area contributed by atoms with Crippen molar-refractivity contribution in [2.24, 2.45) is 0 Å². The highest BCUT2D eigenvalue weighted by molar-refractivity contribution is 5.71. The predicted octanol–water partition coefficient (Wildman–Crippen LogP) is 22.3. The topological polar surface area (TPSA) is 78.9 Å². The van der Waals surface area contributed by atoms with Gasteiger partial charge in [-0.25, -0.2) is 0 Å². The van der Waals surface area contributed by atoms with E-state index in [4.69, 9.17) is 14.2 Å². The van der Waals surface area contributed by atoms with Crippen LogP contribution >= 0.6 is 0 Å². The zero-order valence-electron chi connectivity index (χ0n) is 51.3. The van der Waals surface area contributed by atoms with Crippen molar-refractivity contribution in [3.63, 3.8) is 0 Å². The zero-order chi connectivity index (χ0) is 57.8. The van der Waals surface area contributed by atoms with Gasteiger partial charge in [-0.1, -0.05) is 255 Å². The second-order valence-corrected chi connectivity index (χ2v) is 20.5. The van der Waals surface area contributed by atoms with Gasteiger partial charge in [-0.15, -0.1) is 0 Å². The molecule has 80 heavy (non-hydrogen) atoms. The first-order valence-electron chi connectivity index (χ1n) is 32.1. The van der Waals surface area contributed by atoms with Gasteiger partial charge in [0, 0.05) is 19.3 Å². The molecule has 0 aliphatic heterocycles. The summed E-state index contributed by atoms with van der Waals surface area (Å²) in [5.41, 5.74) is 0. The van der Waals surface area contributed by atoms with Gasteiger partial charge in [-0.3, -0.25) is 14.4 Å². The Labute approximate surface area is 492 Å². The smallest absolute Gasteiger partial charge is 0.306 e. The Morgan fingerprint density at radius 2 is 0.487 bits per heavy atom. The lowest BCUT2D eigenvalue weighted by molar-refractivity contribution is -0.167. The minimum Gasteiger partial charge on any atom is -0.462 e. The molecular weight excluding hydrogens is 985 g/mol. The van der Waals surface area contributed by atoms with E-state index in [1.165, 1.54) is 57.8 Å². The molecule has 0 amide bonds. The van der Waals surface area contributed by atoms with Crippen molar-refractivity contribution in [3.05, 3.63) is 170 Å². The van der Waals surface area contributed by atoms with Crippen LogP contribution in [0.3, 0.4) is 0 Å². The number of ether oxygens (including phenoxy) is 3. The number of unbranched alkanes of at least 4 members (excludes halogenated alkanes) is 17. The molecule has 0 saturated heterocycles. The van der Waals surface area contributed by atoms with Crippen LogP contribution in [0, 0.1) is 0 Å². The monoisotopic (exact) mass is 1100 g/mol. The lowest BCUT2D eigenvalue weighted by Crippen LogP contribution is -2.30. The maximum absolute atomic E-state index is 12.9. The van der Waals surface area contributed by atoms with Crippen LogP contribution in [0.25, 0.3) is 0 Å². The molecule has 0 aromatic heterocycles. The Morgan fingerprint density at radius 3 is 0.787 bits per heavy atom. The van der Waals surface area contributed by atoms with E-state index in [0.29, 0.717) is 19.3 Å². The van der Waals surface area contributed by atoms with Crippen LogP contribution in [-0.4, -0.2) is 37.2 Å². The number of allylic oxidation sites excluding steroid dienone is 28. The lowest BCUT2D eigenvalue weighted by Gasteiger charge is -2.18. The average molecular weight is 1100 g/mol. The largest absolute Gasteiger partial charge is 0.462 e. The van der Waals surface area contributed by atoms with Gasteiger partial charge < -0.3 is 14.2 Å². The van der Waals surface area contributed by atoms with Crippen LogP contribution in [0.4, 0.5) is 0 Å². The van der Waals surface area contributed by atoms with Crippen molar-refractivity contribution < 1.29 is 28.6 Å². The molecule has 1 atom stereocenters. The third-order valence-corrected chi connectivity index (χ3v) is 12.9. The molecule has 6 nitrogen and oxygen atoms in total. The van der Waals surface area contributed by atoms with E-state index in [0.717, 1.165) is 154 Å². The van der Waals surface area contributed by atoms with E-state index < -0.39 is 6.10 Å². The van der Waals surface area contributed by atoms with Gasteiger partial charge in [0.1, 0.15) is 13.2 Å². The third-order valence-electron chi connectivity index (χ3n) is 12.9. The van der Waals surface area contributed by atoms with Crippen LogP contribution in [-0.2, 0) is 28.6 Å². The SMILES string of the molecule is CC/C=C\C/C=C\C/C=C\C/C=C\C/C=C\C/C=C\CCCCCCC(=O)OCC(COC(=O)CCCCCCCCC/C=C\C/C=C\CCCCCC)OC(=O)CCCC/C=C\C/C=C\C/C=C\C/C=C\C/C=C\C/C=C\CC. The summed E-state index contributed by atoms with van der Waals surface area (Å²) < 4.78 is 16.9. The Bertz CT molecular complexity index is 1840. The van der Waals surface area contributed by atoms with Crippen molar-refractivity contribution in [2.45, 2.75) is 264 Å². The number of hydrogen-bond acceptors (Lipinski definition) is 6. The predicted molar refractivity (Wildman–Crippen MR) is 348 cm³/mol. The summed E-state index contributed by atoms with van der Waals surface area (Å²) in [5, 5.41) is 0. The van der Waals surface area contributed by atoms with Crippen LogP contribution < -0.4 is 0 Å². The van der Waals surface area contributed by atoms with Gasteiger partial charge in [0.25, 0.3) is 0 Å². The van der Waals surface area contributed by atoms with Crippen LogP contribution in [0.15, 0.2) is 170 Å². The van der Waals surface area contributed by atoms with E-state index in [1.54, 1.807) is 0 Å². The summed E-state index contributed by atoms with van der Waals surface area (Å²) in [6.07, 6.45) is 97.8. The maximum Gasteiger partial charge on any atom is 0.306 e.